The predicted molar refractivity (Wildman–Crippen MR) is 340 cm³/mol. The number of carboxylic acids is 1. The van der Waals surface area contributed by atoms with Crippen molar-refractivity contribution in [2.24, 2.45) is 29.0 Å². The average Bonchev–Trinajstić information content (AvgIpc) is 1.64. The molecular formula is C61H96N14O18S. The molecule has 32 nitrogen and oxygen atoms in total. The predicted octanol–water partition coefficient (Wildman–Crippen LogP) is -4.77. The lowest BCUT2D eigenvalue weighted by Crippen LogP contribution is -2.63. The van der Waals surface area contributed by atoms with E-state index in [0.29, 0.717) is 24.2 Å². The standard InChI is InChI=1S/C61H96N14O18S/c1-30(2)27-39(67-52(83)38(29-45(64)80)66-56(87)47(32(5)76)70-50(81)36(62)22-26-94-8)58(89)73-23-12-17-41(73)53(84)71-49(34(7)78)57(88)69-46(31(3)4)54(85)72-48(33(6)77)55(86)65-37(20-21-44(63)79)51(82)68-40(28-35-15-10-9-11-16-35)59(90)74-24-13-18-42(74)60(91)75-25-14-19-43(75)61(92)93/h9-11,15-16,30-34,36-43,46-49,76-78H,12-14,17-29,62H2,1-8H3,(H2,63,79)(H2,64,80)(H,65,86)(H,66,87)(H,67,83)(H,68,82)(H,69,88)(H,70,81)(H,71,84)(H,72,85)(H,92,93)/t32-,33-,34-,36+,37+,38+,39+,40+,41+,42+,43+,46+,47+,48+,49+/m1/s1. The van der Waals surface area contributed by atoms with Crippen molar-refractivity contribution >= 4 is 94.5 Å². The van der Waals surface area contributed by atoms with E-state index in [1.807, 2.05) is 0 Å². The maximum Gasteiger partial charge on any atom is 0.326 e. The van der Waals surface area contributed by atoms with E-state index in [9.17, 15) is 87.5 Å². The lowest BCUT2D eigenvalue weighted by molar-refractivity contribution is -0.152. The minimum absolute atomic E-state index is 0.0255. The van der Waals surface area contributed by atoms with Crippen LogP contribution in [0, 0.1) is 11.8 Å². The van der Waals surface area contributed by atoms with Gasteiger partial charge in [-0.25, -0.2) is 4.79 Å². The Kier molecular flexibility index (Phi) is 31.0. The number of carbonyl (C=O) groups is 14. The minimum atomic E-state index is -1.87. The van der Waals surface area contributed by atoms with Crippen molar-refractivity contribution in [1.82, 2.24) is 57.2 Å². The Morgan fingerprint density at radius 2 is 0.968 bits per heavy atom. The zero-order valence-corrected chi connectivity index (χ0v) is 55.3. The van der Waals surface area contributed by atoms with Crippen molar-refractivity contribution < 1.29 is 87.5 Å². The Labute approximate surface area is 550 Å². The van der Waals surface area contributed by atoms with Gasteiger partial charge in [-0.2, -0.15) is 11.8 Å². The fourth-order valence-corrected chi connectivity index (χ4v) is 11.9. The number of carboxylic acid groups (broad SMARTS) is 1. The molecule has 0 aliphatic carbocycles. The first kappa shape index (κ1) is 78.4. The van der Waals surface area contributed by atoms with Crippen LogP contribution in [0.15, 0.2) is 30.3 Å². The molecule has 0 spiro atoms. The van der Waals surface area contributed by atoms with Crippen LogP contribution in [0.3, 0.4) is 0 Å². The fraction of sp³-hybridized carbons (Fsp3) is 0.672. The SMILES string of the molecule is CSCC[C@H](N)C(=O)N[C@H](C(=O)N[C@@H](CC(N)=O)C(=O)N[C@@H](CC(C)C)C(=O)N1CCC[C@H]1C(=O)N[C@H](C(=O)N[C@H](C(=O)N[C@H](C(=O)N[C@@H](CCC(N)=O)C(=O)N[C@@H](Cc1ccccc1)C(=O)N1CCC[C@H]1C(=O)N1CCC[C@H]1C(=O)O)[C@@H](C)O)C(C)C)[C@@H](C)O)[C@@H](C)O. The molecule has 1 aromatic rings. The van der Waals surface area contributed by atoms with Crippen molar-refractivity contribution in [2.45, 2.75) is 216 Å². The average molecular weight is 1350 g/mol. The Morgan fingerprint density at radius 1 is 0.521 bits per heavy atom. The molecule has 15 atom stereocenters. The van der Waals surface area contributed by atoms with E-state index in [1.54, 1.807) is 50.4 Å². The maximum atomic E-state index is 14.6. The molecule has 0 saturated carbocycles. The van der Waals surface area contributed by atoms with Gasteiger partial charge in [-0.15, -0.1) is 0 Å². The number of rotatable bonds is 36. The number of aliphatic hydroxyl groups is 3. The number of amides is 13. The maximum absolute atomic E-state index is 14.6. The number of hydrogen-bond acceptors (Lipinski definition) is 19. The van der Waals surface area contributed by atoms with E-state index in [2.05, 4.69) is 42.5 Å². The minimum Gasteiger partial charge on any atom is -0.480 e. The number of hydrogen-bond donors (Lipinski definition) is 15. The molecule has 94 heavy (non-hydrogen) atoms. The first-order valence-corrected chi connectivity index (χ1v) is 33.0. The second-order valence-electron chi connectivity index (χ2n) is 24.9. The van der Waals surface area contributed by atoms with Crippen molar-refractivity contribution in [3.8, 4) is 0 Å². The highest BCUT2D eigenvalue weighted by molar-refractivity contribution is 7.98. The van der Waals surface area contributed by atoms with Crippen LogP contribution in [-0.2, 0) is 73.5 Å². The molecule has 0 bridgehead atoms. The molecule has 3 saturated heterocycles. The number of benzene rings is 1. The number of aliphatic hydroxyl groups excluding tert-OH is 3. The number of thioether (sulfide) groups is 1. The van der Waals surface area contributed by atoms with E-state index >= 15 is 0 Å². The Bertz CT molecular complexity index is 2870. The van der Waals surface area contributed by atoms with Crippen molar-refractivity contribution in [3.05, 3.63) is 35.9 Å². The van der Waals surface area contributed by atoms with Gasteiger partial charge < -0.3 is 94.9 Å². The summed E-state index contributed by atoms with van der Waals surface area (Å²) < 4.78 is 0. The van der Waals surface area contributed by atoms with Crippen molar-refractivity contribution in [1.29, 1.82) is 0 Å². The second-order valence-corrected chi connectivity index (χ2v) is 25.9. The van der Waals surface area contributed by atoms with E-state index in [4.69, 9.17) is 17.2 Å². The molecule has 524 valence electrons. The molecule has 1 aromatic carbocycles. The Morgan fingerprint density at radius 3 is 1.49 bits per heavy atom. The number of carbonyl (C=O) groups excluding carboxylic acids is 13. The summed E-state index contributed by atoms with van der Waals surface area (Å²) in [5, 5.41) is 61.8. The second kappa shape index (κ2) is 37.2. The number of nitrogens with zero attached hydrogens (tertiary/aromatic N) is 3. The molecule has 18 N–H and O–H groups in total. The molecule has 3 fully saturated rings. The summed E-state index contributed by atoms with van der Waals surface area (Å²) in [6.07, 6.45) is -3.07. The first-order chi connectivity index (χ1) is 44.2. The van der Waals surface area contributed by atoms with Gasteiger partial charge in [0.15, 0.2) is 0 Å². The summed E-state index contributed by atoms with van der Waals surface area (Å²) >= 11 is 1.43. The van der Waals surface area contributed by atoms with Crippen LogP contribution in [0.1, 0.15) is 125 Å². The molecule has 33 heteroatoms. The van der Waals surface area contributed by atoms with Crippen LogP contribution in [0.5, 0.6) is 0 Å². The van der Waals surface area contributed by atoms with Crippen molar-refractivity contribution in [2.75, 3.05) is 31.6 Å². The highest BCUT2D eigenvalue weighted by Crippen LogP contribution is 2.27. The third kappa shape index (κ3) is 22.9. The summed E-state index contributed by atoms with van der Waals surface area (Å²) in [4.78, 5) is 194. The largest absolute Gasteiger partial charge is 0.480 e. The summed E-state index contributed by atoms with van der Waals surface area (Å²) in [6, 6.07) is -8.95. The zero-order chi connectivity index (χ0) is 70.4. The topological polar surface area (TPSA) is 504 Å². The summed E-state index contributed by atoms with van der Waals surface area (Å²) in [5.74, 6) is -13.8. The monoisotopic (exact) mass is 1340 g/mol. The highest BCUT2D eigenvalue weighted by Gasteiger charge is 2.46. The number of likely N-dealkylation sites (tertiary alicyclic amines) is 3. The van der Waals surface area contributed by atoms with Crippen LogP contribution in [0.25, 0.3) is 0 Å². The van der Waals surface area contributed by atoms with Gasteiger partial charge in [0.05, 0.1) is 30.8 Å². The van der Waals surface area contributed by atoms with Crippen molar-refractivity contribution in [3.63, 3.8) is 0 Å². The summed E-state index contributed by atoms with van der Waals surface area (Å²) in [7, 11) is 0. The molecule has 4 rings (SSSR count). The third-order valence-electron chi connectivity index (χ3n) is 16.5. The third-order valence-corrected chi connectivity index (χ3v) is 17.1. The van der Waals surface area contributed by atoms with E-state index in [-0.39, 0.29) is 70.5 Å². The van der Waals surface area contributed by atoms with Gasteiger partial charge in [0.1, 0.15) is 66.5 Å². The number of nitrogens with two attached hydrogens (primary N) is 3. The molecule has 3 aliphatic heterocycles. The molecule has 13 amide bonds. The van der Waals surface area contributed by atoms with E-state index in [1.165, 1.54) is 42.3 Å². The summed E-state index contributed by atoms with van der Waals surface area (Å²) in [6.45, 7) is 10.2. The number of primary amides is 2. The van der Waals surface area contributed by atoms with Gasteiger partial charge in [0, 0.05) is 32.5 Å². The summed E-state index contributed by atoms with van der Waals surface area (Å²) in [5.41, 5.74) is 17.5. The molecule has 0 aromatic heterocycles. The Hall–Kier alpha value is -8.01. The highest BCUT2D eigenvalue weighted by atomic mass is 32.2. The van der Waals surface area contributed by atoms with Gasteiger partial charge in [-0.05, 0) is 108 Å². The first-order valence-electron chi connectivity index (χ1n) is 31.7. The van der Waals surface area contributed by atoms with Gasteiger partial charge in [-0.1, -0.05) is 58.0 Å². The quantitative estimate of drug-likeness (QED) is 0.0300. The van der Waals surface area contributed by atoms with Crippen LogP contribution in [0.2, 0.25) is 0 Å². The van der Waals surface area contributed by atoms with Crippen LogP contribution in [0.4, 0.5) is 0 Å². The molecule has 0 radical (unpaired) electrons. The lowest BCUT2D eigenvalue weighted by atomic mass is 10.00. The molecular weight excluding hydrogens is 1250 g/mol. The smallest absolute Gasteiger partial charge is 0.326 e. The van der Waals surface area contributed by atoms with E-state index in [0.717, 1.165) is 18.7 Å². The van der Waals surface area contributed by atoms with Crippen LogP contribution >= 0.6 is 11.8 Å². The molecule has 3 heterocycles. The van der Waals surface area contributed by atoms with Gasteiger partial charge >= 0.3 is 5.97 Å². The zero-order valence-electron chi connectivity index (χ0n) is 54.5. The Balaban J connectivity index is 1.50. The van der Waals surface area contributed by atoms with E-state index < -0.39 is 199 Å². The van der Waals surface area contributed by atoms with Gasteiger partial charge in [0.2, 0.25) is 76.8 Å². The van der Waals surface area contributed by atoms with Gasteiger partial charge in [0.25, 0.3) is 0 Å². The molecule has 3 aliphatic rings. The van der Waals surface area contributed by atoms with Crippen LogP contribution < -0.4 is 59.7 Å². The lowest BCUT2D eigenvalue weighted by Gasteiger charge is -2.33. The number of nitrogens with one attached hydrogen (secondary N) is 8. The van der Waals surface area contributed by atoms with Crippen LogP contribution in [-0.4, -0.2) is 240 Å². The fourth-order valence-electron chi connectivity index (χ4n) is 11.4. The number of aliphatic carboxylic acids is 1. The van der Waals surface area contributed by atoms with Gasteiger partial charge in [-0.3, -0.25) is 62.3 Å². The normalized spacial score (nSPS) is 20.1. The molecule has 0 unspecified atom stereocenters.